The molecule has 1 N–H and O–H groups in total. The number of aromatic carboxylic acids is 1. The Morgan fingerprint density at radius 3 is 2.55 bits per heavy atom. The number of carboxylic acids is 1. The van der Waals surface area contributed by atoms with Crippen molar-refractivity contribution in [1.29, 1.82) is 0 Å². The molecule has 0 unspecified atom stereocenters. The number of carboxylic acid groups (broad SMARTS) is 1. The Balaban J connectivity index is 2.07. The predicted molar refractivity (Wildman–Crippen MR) is 72.2 cm³/mol. The molecule has 0 amide bonds. The highest BCUT2D eigenvalue weighted by atomic mass is 19.1. The molecule has 0 atom stereocenters. The van der Waals surface area contributed by atoms with E-state index < -0.39 is 5.97 Å². The maximum atomic E-state index is 12.9. The van der Waals surface area contributed by atoms with Crippen LogP contribution < -0.4 is 0 Å². The summed E-state index contributed by atoms with van der Waals surface area (Å²) in [5, 5.41) is 13.9. The molecule has 0 saturated carbocycles. The van der Waals surface area contributed by atoms with Crippen LogP contribution in [0.15, 0.2) is 48.5 Å². The summed E-state index contributed by atoms with van der Waals surface area (Å²) < 4.78 is 14.5. The van der Waals surface area contributed by atoms with Crippen LogP contribution in [-0.2, 0) is 6.54 Å². The topological polar surface area (TPSA) is 55.1 Å². The average molecular weight is 270 g/mol. The van der Waals surface area contributed by atoms with Crippen molar-refractivity contribution in [2.24, 2.45) is 0 Å². The van der Waals surface area contributed by atoms with Crippen molar-refractivity contribution >= 4 is 16.9 Å². The number of hydrogen-bond acceptors (Lipinski definition) is 2. The summed E-state index contributed by atoms with van der Waals surface area (Å²) in [4.78, 5) is 11.2. The van der Waals surface area contributed by atoms with Gasteiger partial charge in [0.1, 0.15) is 5.82 Å². The lowest BCUT2D eigenvalue weighted by Crippen LogP contribution is -2.04. The normalized spacial score (nSPS) is 10.8. The van der Waals surface area contributed by atoms with Crippen LogP contribution in [0.5, 0.6) is 0 Å². The maximum Gasteiger partial charge on any atom is 0.357 e. The van der Waals surface area contributed by atoms with E-state index in [0.29, 0.717) is 11.9 Å². The summed E-state index contributed by atoms with van der Waals surface area (Å²) in [5.74, 6) is -1.36. The number of hydrogen-bond donors (Lipinski definition) is 1. The van der Waals surface area contributed by atoms with E-state index in [1.165, 1.54) is 12.1 Å². The molecule has 0 aliphatic carbocycles. The number of para-hydroxylation sites is 1. The lowest BCUT2D eigenvalue weighted by atomic mass is 10.2. The number of aromatic nitrogens is 2. The first-order valence-corrected chi connectivity index (χ1v) is 6.08. The number of halogens is 1. The maximum absolute atomic E-state index is 12.9. The van der Waals surface area contributed by atoms with Gasteiger partial charge in [0.2, 0.25) is 0 Å². The molecule has 0 fully saturated rings. The fraction of sp³-hybridized carbons (Fsp3) is 0.0667. The fourth-order valence-corrected chi connectivity index (χ4v) is 2.17. The smallest absolute Gasteiger partial charge is 0.357 e. The van der Waals surface area contributed by atoms with Gasteiger partial charge in [-0.3, -0.25) is 4.68 Å². The van der Waals surface area contributed by atoms with Crippen LogP contribution in [0, 0.1) is 5.82 Å². The average Bonchev–Trinajstić information content (AvgIpc) is 2.81. The van der Waals surface area contributed by atoms with Crippen LogP contribution in [-0.4, -0.2) is 20.9 Å². The third kappa shape index (κ3) is 2.14. The molecular weight excluding hydrogens is 259 g/mol. The van der Waals surface area contributed by atoms with Crippen LogP contribution in [0.2, 0.25) is 0 Å². The Morgan fingerprint density at radius 1 is 1.15 bits per heavy atom. The third-order valence-electron chi connectivity index (χ3n) is 3.11. The summed E-state index contributed by atoms with van der Waals surface area (Å²) in [6, 6.07) is 13.2. The van der Waals surface area contributed by atoms with Gasteiger partial charge in [-0.2, -0.15) is 5.10 Å². The quantitative estimate of drug-likeness (QED) is 0.796. The molecule has 100 valence electrons. The largest absolute Gasteiger partial charge is 0.476 e. The second-order valence-corrected chi connectivity index (χ2v) is 4.46. The van der Waals surface area contributed by atoms with Crippen molar-refractivity contribution in [3.8, 4) is 0 Å². The van der Waals surface area contributed by atoms with Crippen LogP contribution in [0.1, 0.15) is 16.1 Å². The van der Waals surface area contributed by atoms with Crippen LogP contribution >= 0.6 is 0 Å². The van der Waals surface area contributed by atoms with E-state index in [1.807, 2.05) is 12.1 Å². The molecule has 20 heavy (non-hydrogen) atoms. The highest BCUT2D eigenvalue weighted by Gasteiger charge is 2.15. The lowest BCUT2D eigenvalue weighted by molar-refractivity contribution is 0.0691. The number of rotatable bonds is 3. The van der Waals surface area contributed by atoms with E-state index in [9.17, 15) is 14.3 Å². The van der Waals surface area contributed by atoms with Gasteiger partial charge in [-0.15, -0.1) is 0 Å². The zero-order valence-electron chi connectivity index (χ0n) is 10.5. The molecule has 1 heterocycles. The van der Waals surface area contributed by atoms with E-state index in [4.69, 9.17) is 0 Å². The van der Waals surface area contributed by atoms with Crippen molar-refractivity contribution in [2.45, 2.75) is 6.54 Å². The lowest BCUT2D eigenvalue weighted by Gasteiger charge is -2.03. The first-order chi connectivity index (χ1) is 9.65. The molecular formula is C15H11FN2O2. The molecule has 0 spiro atoms. The molecule has 1 aromatic heterocycles. The second kappa shape index (κ2) is 4.77. The molecule has 0 aliphatic heterocycles. The molecule has 2 aromatic carbocycles. The number of benzene rings is 2. The zero-order valence-corrected chi connectivity index (χ0v) is 10.5. The van der Waals surface area contributed by atoms with Crippen molar-refractivity contribution in [3.63, 3.8) is 0 Å². The molecule has 0 radical (unpaired) electrons. The highest BCUT2D eigenvalue weighted by Crippen LogP contribution is 2.19. The minimum Gasteiger partial charge on any atom is -0.476 e. The molecule has 0 aliphatic rings. The monoisotopic (exact) mass is 270 g/mol. The van der Waals surface area contributed by atoms with Crippen LogP contribution in [0.25, 0.3) is 10.9 Å². The molecule has 4 nitrogen and oxygen atoms in total. The van der Waals surface area contributed by atoms with Gasteiger partial charge in [-0.1, -0.05) is 30.3 Å². The summed E-state index contributed by atoms with van der Waals surface area (Å²) in [5.41, 5.74) is 1.63. The molecule has 0 saturated heterocycles. The van der Waals surface area contributed by atoms with Gasteiger partial charge in [0.25, 0.3) is 0 Å². The summed E-state index contributed by atoms with van der Waals surface area (Å²) in [7, 11) is 0. The minimum absolute atomic E-state index is 0.0303. The van der Waals surface area contributed by atoms with Crippen molar-refractivity contribution in [2.75, 3.05) is 0 Å². The third-order valence-corrected chi connectivity index (χ3v) is 3.11. The minimum atomic E-state index is -1.06. The van der Waals surface area contributed by atoms with E-state index in [-0.39, 0.29) is 11.5 Å². The fourth-order valence-electron chi connectivity index (χ4n) is 2.17. The second-order valence-electron chi connectivity index (χ2n) is 4.46. The van der Waals surface area contributed by atoms with Gasteiger partial charge in [-0.05, 0) is 23.8 Å². The number of carbonyl (C=O) groups is 1. The van der Waals surface area contributed by atoms with Gasteiger partial charge in [0, 0.05) is 5.39 Å². The Labute approximate surface area is 114 Å². The van der Waals surface area contributed by atoms with Crippen molar-refractivity contribution in [1.82, 2.24) is 9.78 Å². The zero-order chi connectivity index (χ0) is 14.1. The Kier molecular flexibility index (Phi) is 2.95. The van der Waals surface area contributed by atoms with Crippen molar-refractivity contribution in [3.05, 3.63) is 65.6 Å². The summed E-state index contributed by atoms with van der Waals surface area (Å²) >= 11 is 0. The first-order valence-electron chi connectivity index (χ1n) is 6.08. The van der Waals surface area contributed by atoms with Gasteiger partial charge in [-0.25, -0.2) is 9.18 Å². The number of fused-ring (bicyclic) bond motifs is 1. The molecule has 3 aromatic rings. The highest BCUT2D eigenvalue weighted by molar-refractivity contribution is 6.01. The van der Waals surface area contributed by atoms with E-state index in [1.54, 1.807) is 28.9 Å². The van der Waals surface area contributed by atoms with Gasteiger partial charge >= 0.3 is 5.97 Å². The van der Waals surface area contributed by atoms with Gasteiger partial charge in [0.05, 0.1) is 12.1 Å². The SMILES string of the molecule is O=C(O)c1nn(Cc2ccc(F)cc2)c2ccccc12. The van der Waals surface area contributed by atoms with Crippen molar-refractivity contribution < 1.29 is 14.3 Å². The molecule has 5 heteroatoms. The van der Waals surface area contributed by atoms with Crippen LogP contribution in [0.3, 0.4) is 0 Å². The Bertz CT molecular complexity index is 778. The standard InChI is InChI=1S/C15H11FN2O2/c16-11-7-5-10(6-8-11)9-18-13-4-2-1-3-12(13)14(17-18)15(19)20/h1-8H,9H2,(H,19,20). The van der Waals surface area contributed by atoms with Crippen LogP contribution in [0.4, 0.5) is 4.39 Å². The number of nitrogens with zero attached hydrogens (tertiary/aromatic N) is 2. The van der Waals surface area contributed by atoms with E-state index in [2.05, 4.69) is 5.10 Å². The predicted octanol–water partition coefficient (Wildman–Crippen LogP) is 2.92. The van der Waals surface area contributed by atoms with E-state index in [0.717, 1.165) is 11.1 Å². The summed E-state index contributed by atoms with van der Waals surface area (Å²) in [6.45, 7) is 0.397. The Hall–Kier alpha value is -2.69. The summed E-state index contributed by atoms with van der Waals surface area (Å²) in [6.07, 6.45) is 0. The first kappa shape index (κ1) is 12.3. The Morgan fingerprint density at radius 2 is 1.85 bits per heavy atom. The van der Waals surface area contributed by atoms with E-state index >= 15 is 0 Å². The van der Waals surface area contributed by atoms with Gasteiger partial charge < -0.3 is 5.11 Å². The molecule has 3 rings (SSSR count). The molecule has 0 bridgehead atoms. The van der Waals surface area contributed by atoms with Gasteiger partial charge in [0.15, 0.2) is 5.69 Å².